The summed E-state index contributed by atoms with van der Waals surface area (Å²) in [6.45, 7) is 3.94. The predicted molar refractivity (Wildman–Crippen MR) is 124 cm³/mol. The second kappa shape index (κ2) is 8.78. The number of thioether (sulfide) groups is 1. The summed E-state index contributed by atoms with van der Waals surface area (Å²) >= 11 is 1.26. The van der Waals surface area contributed by atoms with Gasteiger partial charge in [0, 0.05) is 17.0 Å². The molecule has 0 bridgehead atoms. The summed E-state index contributed by atoms with van der Waals surface area (Å²) in [5, 5.41) is 2.33. The average Bonchev–Trinajstić information content (AvgIpc) is 3.04. The van der Waals surface area contributed by atoms with E-state index in [-0.39, 0.29) is 24.1 Å². The Balaban J connectivity index is 1.53. The Kier molecular flexibility index (Phi) is 5.91. The summed E-state index contributed by atoms with van der Waals surface area (Å²) in [7, 11) is 0. The van der Waals surface area contributed by atoms with Crippen molar-refractivity contribution in [3.63, 3.8) is 0 Å². The monoisotopic (exact) mass is 430 g/mol. The van der Waals surface area contributed by atoms with E-state index in [1.807, 2.05) is 56.3 Å². The van der Waals surface area contributed by atoms with Crippen molar-refractivity contribution in [3.05, 3.63) is 89.5 Å². The highest BCUT2D eigenvalue weighted by atomic mass is 32.2. The van der Waals surface area contributed by atoms with Crippen molar-refractivity contribution >= 4 is 40.9 Å². The zero-order chi connectivity index (χ0) is 22.0. The first-order valence-corrected chi connectivity index (χ1v) is 10.9. The lowest BCUT2D eigenvalue weighted by Gasteiger charge is -2.16. The number of nitrogens with zero attached hydrogens (tertiary/aromatic N) is 1. The van der Waals surface area contributed by atoms with Gasteiger partial charge in [-0.15, -0.1) is 11.8 Å². The molecule has 3 aromatic rings. The summed E-state index contributed by atoms with van der Waals surface area (Å²) in [6.07, 6.45) is 0.102. The Morgan fingerprint density at radius 2 is 1.52 bits per heavy atom. The molecule has 1 atom stereocenters. The normalized spacial score (nSPS) is 15.9. The molecule has 1 unspecified atom stereocenters. The van der Waals surface area contributed by atoms with Crippen molar-refractivity contribution in [1.82, 2.24) is 0 Å². The largest absolute Gasteiger partial charge is 0.322 e. The molecule has 0 radical (unpaired) electrons. The number of nitrogens with one attached hydrogen (secondary N) is 1. The topological polar surface area (TPSA) is 66.5 Å². The molecule has 0 aromatic heterocycles. The molecule has 3 amide bonds. The Labute approximate surface area is 185 Å². The molecule has 0 spiro atoms. The molecule has 3 aromatic carbocycles. The third kappa shape index (κ3) is 4.54. The molecule has 1 aliphatic rings. The van der Waals surface area contributed by atoms with E-state index in [2.05, 4.69) is 5.32 Å². The van der Waals surface area contributed by atoms with Crippen molar-refractivity contribution in [3.8, 4) is 0 Å². The maximum Gasteiger partial charge on any atom is 0.256 e. The van der Waals surface area contributed by atoms with Crippen LogP contribution < -0.4 is 10.2 Å². The first-order chi connectivity index (χ1) is 14.9. The molecule has 4 rings (SSSR count). The van der Waals surface area contributed by atoms with Gasteiger partial charge in [-0.1, -0.05) is 47.5 Å². The zero-order valence-electron chi connectivity index (χ0n) is 17.3. The molecule has 1 saturated heterocycles. The van der Waals surface area contributed by atoms with Gasteiger partial charge in [-0.05, 0) is 50.2 Å². The second-order valence-corrected chi connectivity index (χ2v) is 8.77. The predicted octanol–water partition coefficient (Wildman–Crippen LogP) is 4.98. The Morgan fingerprint density at radius 1 is 0.903 bits per heavy atom. The number of anilines is 2. The number of imide groups is 1. The Hall–Kier alpha value is -3.38. The smallest absolute Gasteiger partial charge is 0.256 e. The van der Waals surface area contributed by atoms with Gasteiger partial charge >= 0.3 is 0 Å². The summed E-state index contributed by atoms with van der Waals surface area (Å²) in [4.78, 5) is 40.3. The first kappa shape index (κ1) is 20.9. The van der Waals surface area contributed by atoms with Gasteiger partial charge in [0.25, 0.3) is 5.91 Å². The van der Waals surface area contributed by atoms with E-state index >= 15 is 0 Å². The standard InChI is InChI=1S/C25H22N2O3S/c1-16-7-11-18(12-8-16)26-24(29)20-5-3-4-6-21(20)31-22-15-23(28)27(25(22)30)19-13-9-17(2)10-14-19/h3-14,22H,15H2,1-2H3,(H,26,29). The van der Waals surface area contributed by atoms with Crippen LogP contribution in [-0.4, -0.2) is 23.0 Å². The number of aryl methyl sites for hydroxylation is 2. The van der Waals surface area contributed by atoms with Crippen molar-refractivity contribution in [2.24, 2.45) is 0 Å². The number of rotatable bonds is 5. The lowest BCUT2D eigenvalue weighted by atomic mass is 10.2. The number of hydrogen-bond donors (Lipinski definition) is 1. The van der Waals surface area contributed by atoms with Crippen molar-refractivity contribution in [1.29, 1.82) is 0 Å². The summed E-state index contributed by atoms with van der Waals surface area (Å²) in [6, 6.07) is 22.0. The number of hydrogen-bond acceptors (Lipinski definition) is 4. The van der Waals surface area contributed by atoms with Gasteiger partial charge in [0.05, 0.1) is 16.5 Å². The van der Waals surface area contributed by atoms with E-state index in [0.29, 0.717) is 21.8 Å². The molecule has 5 nitrogen and oxygen atoms in total. The molecule has 1 heterocycles. The average molecular weight is 431 g/mol. The molecular formula is C25H22N2O3S. The minimum absolute atomic E-state index is 0.102. The highest BCUT2D eigenvalue weighted by Crippen LogP contribution is 2.35. The van der Waals surface area contributed by atoms with Gasteiger partial charge in [0.1, 0.15) is 0 Å². The van der Waals surface area contributed by atoms with Gasteiger partial charge in [-0.2, -0.15) is 0 Å². The van der Waals surface area contributed by atoms with Crippen LogP contribution in [0.3, 0.4) is 0 Å². The molecule has 1 N–H and O–H groups in total. The van der Waals surface area contributed by atoms with Crippen molar-refractivity contribution < 1.29 is 14.4 Å². The van der Waals surface area contributed by atoms with Crippen LogP contribution in [0.5, 0.6) is 0 Å². The van der Waals surface area contributed by atoms with Crippen LogP contribution in [0, 0.1) is 13.8 Å². The van der Waals surface area contributed by atoms with Crippen LogP contribution in [0.2, 0.25) is 0 Å². The van der Waals surface area contributed by atoms with Crippen LogP contribution in [0.1, 0.15) is 27.9 Å². The van der Waals surface area contributed by atoms with Crippen LogP contribution in [0.25, 0.3) is 0 Å². The Bertz CT molecular complexity index is 1140. The van der Waals surface area contributed by atoms with Gasteiger partial charge in [0.15, 0.2) is 0 Å². The first-order valence-electron chi connectivity index (χ1n) is 9.99. The fraction of sp³-hybridized carbons (Fsp3) is 0.160. The summed E-state index contributed by atoms with van der Waals surface area (Å²) in [5.74, 6) is -0.736. The van der Waals surface area contributed by atoms with Gasteiger partial charge in [0.2, 0.25) is 11.8 Å². The lowest BCUT2D eigenvalue weighted by molar-refractivity contribution is -0.121. The van der Waals surface area contributed by atoms with E-state index in [1.54, 1.807) is 30.3 Å². The van der Waals surface area contributed by atoms with Crippen LogP contribution in [-0.2, 0) is 9.59 Å². The second-order valence-electron chi connectivity index (χ2n) is 7.53. The van der Waals surface area contributed by atoms with E-state index < -0.39 is 5.25 Å². The molecule has 156 valence electrons. The van der Waals surface area contributed by atoms with E-state index in [9.17, 15) is 14.4 Å². The molecular weight excluding hydrogens is 408 g/mol. The van der Waals surface area contributed by atoms with Crippen molar-refractivity contribution in [2.45, 2.75) is 30.4 Å². The van der Waals surface area contributed by atoms with E-state index in [1.165, 1.54) is 16.7 Å². The highest BCUT2D eigenvalue weighted by molar-refractivity contribution is 8.00. The lowest BCUT2D eigenvalue weighted by Crippen LogP contribution is -2.31. The number of amides is 3. The van der Waals surface area contributed by atoms with Crippen molar-refractivity contribution in [2.75, 3.05) is 10.2 Å². The molecule has 1 fully saturated rings. The Morgan fingerprint density at radius 3 is 2.19 bits per heavy atom. The number of carbonyl (C=O) groups excluding carboxylic acids is 3. The number of benzene rings is 3. The third-order valence-electron chi connectivity index (χ3n) is 5.11. The maximum absolute atomic E-state index is 13.0. The minimum Gasteiger partial charge on any atom is -0.322 e. The van der Waals surface area contributed by atoms with Gasteiger partial charge in [-0.25, -0.2) is 4.90 Å². The van der Waals surface area contributed by atoms with Crippen LogP contribution in [0.15, 0.2) is 77.7 Å². The highest BCUT2D eigenvalue weighted by Gasteiger charge is 2.40. The quantitative estimate of drug-likeness (QED) is 0.580. The SMILES string of the molecule is Cc1ccc(NC(=O)c2ccccc2SC2CC(=O)N(c3ccc(C)cc3)C2=O)cc1. The fourth-order valence-corrected chi connectivity index (χ4v) is 4.59. The summed E-state index contributed by atoms with van der Waals surface area (Å²) in [5.41, 5.74) is 3.92. The van der Waals surface area contributed by atoms with Crippen LogP contribution >= 0.6 is 11.8 Å². The maximum atomic E-state index is 13.0. The third-order valence-corrected chi connectivity index (χ3v) is 6.37. The zero-order valence-corrected chi connectivity index (χ0v) is 18.1. The van der Waals surface area contributed by atoms with Gasteiger partial charge in [-0.3, -0.25) is 14.4 Å². The number of carbonyl (C=O) groups is 3. The molecule has 0 saturated carbocycles. The molecule has 31 heavy (non-hydrogen) atoms. The molecule has 0 aliphatic carbocycles. The molecule has 1 aliphatic heterocycles. The van der Waals surface area contributed by atoms with E-state index in [0.717, 1.165) is 11.1 Å². The van der Waals surface area contributed by atoms with Gasteiger partial charge < -0.3 is 5.32 Å². The minimum atomic E-state index is -0.567. The fourth-order valence-electron chi connectivity index (χ4n) is 3.41. The molecule has 6 heteroatoms. The summed E-state index contributed by atoms with van der Waals surface area (Å²) < 4.78 is 0. The van der Waals surface area contributed by atoms with Crippen LogP contribution in [0.4, 0.5) is 11.4 Å². The van der Waals surface area contributed by atoms with E-state index in [4.69, 9.17) is 0 Å².